The fraction of sp³-hybridized carbons (Fsp3) is 0.222. The van der Waals surface area contributed by atoms with Crippen LogP contribution in [0.5, 0.6) is 11.5 Å². The monoisotopic (exact) mass is 491 g/mol. The zero-order chi connectivity index (χ0) is 25.8. The van der Waals surface area contributed by atoms with Gasteiger partial charge in [-0.3, -0.25) is 14.4 Å². The van der Waals surface area contributed by atoms with E-state index in [1.807, 2.05) is 12.1 Å². The number of nitrogens with two attached hydrogens (primary N) is 1. The minimum Gasteiger partial charge on any atom is -0.497 e. The molecule has 0 saturated carbocycles. The maximum absolute atomic E-state index is 13.9. The third-order valence-corrected chi connectivity index (χ3v) is 6.24. The predicted octanol–water partition coefficient (Wildman–Crippen LogP) is 4.06. The highest BCUT2D eigenvalue weighted by Gasteiger charge is 2.41. The van der Waals surface area contributed by atoms with Gasteiger partial charge in [-0.2, -0.15) is 0 Å². The Bertz CT molecular complexity index is 1280. The number of hydrogen-bond acceptors (Lipinski definition) is 5. The van der Waals surface area contributed by atoms with Gasteiger partial charge in [0.05, 0.1) is 31.7 Å². The van der Waals surface area contributed by atoms with Crippen LogP contribution in [0.1, 0.15) is 34.8 Å². The number of carbonyl (C=O) groups excluding carboxylic acids is 3. The number of piperidine rings is 1. The number of benzene rings is 3. The van der Waals surface area contributed by atoms with Crippen molar-refractivity contribution in [1.82, 2.24) is 0 Å². The number of nitrogens with one attached hydrogen (secondary N) is 1. The van der Waals surface area contributed by atoms with Gasteiger partial charge in [-0.05, 0) is 66.6 Å². The molecule has 4 rings (SSSR count). The van der Waals surface area contributed by atoms with Crippen LogP contribution in [0.25, 0.3) is 0 Å². The van der Waals surface area contributed by atoms with Crippen molar-refractivity contribution in [1.29, 1.82) is 0 Å². The molecule has 3 aromatic rings. The van der Waals surface area contributed by atoms with E-state index in [1.54, 1.807) is 55.5 Å². The molecule has 1 fully saturated rings. The van der Waals surface area contributed by atoms with Gasteiger partial charge < -0.3 is 25.4 Å². The molecule has 3 aromatic carbocycles. The summed E-state index contributed by atoms with van der Waals surface area (Å²) in [6.07, 6.45) is 0.463. The van der Waals surface area contributed by atoms with Crippen molar-refractivity contribution < 1.29 is 28.2 Å². The predicted molar refractivity (Wildman–Crippen MR) is 132 cm³/mol. The molecule has 0 aromatic heterocycles. The van der Waals surface area contributed by atoms with E-state index >= 15 is 0 Å². The first-order chi connectivity index (χ1) is 17.3. The second-order valence-electron chi connectivity index (χ2n) is 8.37. The molecule has 2 atom stereocenters. The molecule has 36 heavy (non-hydrogen) atoms. The number of rotatable bonds is 7. The highest BCUT2D eigenvalue weighted by atomic mass is 19.1. The Morgan fingerprint density at radius 2 is 1.58 bits per heavy atom. The van der Waals surface area contributed by atoms with Crippen LogP contribution in [0.15, 0.2) is 66.7 Å². The smallest absolute Gasteiger partial charge is 0.251 e. The van der Waals surface area contributed by atoms with E-state index in [2.05, 4.69) is 5.32 Å². The number of ether oxygens (including phenoxy) is 2. The molecular formula is C27H26FN3O5. The summed E-state index contributed by atoms with van der Waals surface area (Å²) >= 11 is 0. The van der Waals surface area contributed by atoms with Crippen LogP contribution in [-0.4, -0.2) is 31.9 Å². The SMILES string of the molecule is COc1ccc(C2C(C(=O)Nc3ccc(F)c(C(N)=O)c3)CCC(=O)N2c2ccc(OC)cc2)cc1. The van der Waals surface area contributed by atoms with Gasteiger partial charge in [-0.25, -0.2) is 4.39 Å². The van der Waals surface area contributed by atoms with Crippen molar-refractivity contribution in [3.63, 3.8) is 0 Å². The van der Waals surface area contributed by atoms with Crippen molar-refractivity contribution in [3.8, 4) is 11.5 Å². The molecular weight excluding hydrogens is 465 g/mol. The maximum Gasteiger partial charge on any atom is 0.251 e. The summed E-state index contributed by atoms with van der Waals surface area (Å²) < 4.78 is 24.4. The van der Waals surface area contributed by atoms with Gasteiger partial charge in [0.2, 0.25) is 11.8 Å². The van der Waals surface area contributed by atoms with Gasteiger partial charge in [0.1, 0.15) is 17.3 Å². The van der Waals surface area contributed by atoms with E-state index in [0.717, 1.165) is 11.6 Å². The first kappa shape index (κ1) is 24.7. The topological polar surface area (TPSA) is 111 Å². The quantitative estimate of drug-likeness (QED) is 0.518. The minimum atomic E-state index is -0.936. The first-order valence-electron chi connectivity index (χ1n) is 11.3. The lowest BCUT2D eigenvalue weighted by Crippen LogP contribution is -2.47. The zero-order valence-electron chi connectivity index (χ0n) is 19.9. The standard InChI is InChI=1S/C27H26FN3O5/c1-35-19-8-3-16(4-9-19)25-21(27(34)30-17-5-13-23(28)22(15-17)26(29)33)12-14-24(32)31(25)18-6-10-20(36-2)11-7-18/h3-11,13,15,21,25H,12,14H2,1-2H3,(H2,29,33)(H,30,34). The molecule has 186 valence electrons. The summed E-state index contributed by atoms with van der Waals surface area (Å²) in [4.78, 5) is 39.9. The fourth-order valence-electron chi connectivity index (χ4n) is 4.42. The molecule has 1 aliphatic heterocycles. The highest BCUT2D eigenvalue weighted by Crippen LogP contribution is 2.41. The van der Waals surface area contributed by atoms with Gasteiger partial charge >= 0.3 is 0 Å². The van der Waals surface area contributed by atoms with Crippen molar-refractivity contribution >= 4 is 29.1 Å². The first-order valence-corrected chi connectivity index (χ1v) is 11.3. The van der Waals surface area contributed by atoms with Gasteiger partial charge in [-0.1, -0.05) is 12.1 Å². The van der Waals surface area contributed by atoms with E-state index in [-0.39, 0.29) is 29.5 Å². The number of anilines is 2. The summed E-state index contributed by atoms with van der Waals surface area (Å²) in [6, 6.07) is 17.2. The van der Waals surface area contributed by atoms with E-state index < -0.39 is 23.7 Å². The minimum absolute atomic E-state index is 0.122. The third kappa shape index (κ3) is 5.00. The van der Waals surface area contributed by atoms with Crippen molar-refractivity contribution in [2.24, 2.45) is 11.7 Å². The molecule has 3 amide bonds. The van der Waals surface area contributed by atoms with Gasteiger partial charge in [0.25, 0.3) is 5.91 Å². The van der Waals surface area contributed by atoms with Crippen LogP contribution in [0.2, 0.25) is 0 Å². The van der Waals surface area contributed by atoms with Crippen LogP contribution in [-0.2, 0) is 9.59 Å². The zero-order valence-corrected chi connectivity index (χ0v) is 19.9. The molecule has 1 aliphatic rings. The second-order valence-corrected chi connectivity index (χ2v) is 8.37. The average Bonchev–Trinajstić information content (AvgIpc) is 2.89. The summed E-state index contributed by atoms with van der Waals surface area (Å²) in [6.45, 7) is 0. The number of halogens is 1. The van der Waals surface area contributed by atoms with Crippen LogP contribution in [0.4, 0.5) is 15.8 Å². The van der Waals surface area contributed by atoms with Crippen molar-refractivity contribution in [2.45, 2.75) is 18.9 Å². The average molecular weight is 492 g/mol. The molecule has 8 nitrogen and oxygen atoms in total. The maximum atomic E-state index is 13.9. The Morgan fingerprint density at radius 1 is 0.972 bits per heavy atom. The van der Waals surface area contributed by atoms with Gasteiger partial charge in [0, 0.05) is 17.8 Å². The van der Waals surface area contributed by atoms with E-state index in [1.165, 1.54) is 12.1 Å². The molecule has 1 saturated heterocycles. The molecule has 0 radical (unpaired) electrons. The Balaban J connectivity index is 1.72. The Kier molecular flexibility index (Phi) is 7.19. The number of primary amides is 1. The number of methoxy groups -OCH3 is 2. The lowest BCUT2D eigenvalue weighted by atomic mass is 9.83. The Hall–Kier alpha value is -4.40. The van der Waals surface area contributed by atoms with E-state index in [9.17, 15) is 18.8 Å². The second kappa shape index (κ2) is 10.5. The summed E-state index contributed by atoms with van der Waals surface area (Å²) in [5.41, 5.74) is 6.52. The van der Waals surface area contributed by atoms with Gasteiger partial charge in [0.15, 0.2) is 0 Å². The number of hydrogen-bond donors (Lipinski definition) is 2. The molecule has 1 heterocycles. The summed E-state index contributed by atoms with van der Waals surface area (Å²) in [7, 11) is 3.11. The molecule has 0 bridgehead atoms. The summed E-state index contributed by atoms with van der Waals surface area (Å²) in [5, 5.41) is 2.77. The normalized spacial score (nSPS) is 17.4. The fourth-order valence-corrected chi connectivity index (χ4v) is 4.42. The lowest BCUT2D eigenvalue weighted by Gasteiger charge is -2.41. The van der Waals surface area contributed by atoms with Crippen LogP contribution < -0.4 is 25.4 Å². The molecule has 2 unspecified atom stereocenters. The Morgan fingerprint density at radius 3 is 2.17 bits per heavy atom. The molecule has 3 N–H and O–H groups in total. The summed E-state index contributed by atoms with van der Waals surface area (Å²) in [5.74, 6) is -1.56. The third-order valence-electron chi connectivity index (χ3n) is 6.24. The lowest BCUT2D eigenvalue weighted by molar-refractivity contribution is -0.125. The van der Waals surface area contributed by atoms with Crippen LogP contribution in [0.3, 0.4) is 0 Å². The van der Waals surface area contributed by atoms with E-state index in [0.29, 0.717) is 23.6 Å². The highest BCUT2D eigenvalue weighted by molar-refractivity contribution is 6.01. The number of carbonyl (C=O) groups is 3. The molecule has 0 aliphatic carbocycles. The van der Waals surface area contributed by atoms with Crippen molar-refractivity contribution in [3.05, 3.63) is 83.7 Å². The number of nitrogens with zero attached hydrogens (tertiary/aromatic N) is 1. The van der Waals surface area contributed by atoms with Crippen LogP contribution >= 0.6 is 0 Å². The molecule has 9 heteroatoms. The largest absolute Gasteiger partial charge is 0.497 e. The van der Waals surface area contributed by atoms with Crippen LogP contribution in [0, 0.1) is 11.7 Å². The molecule has 0 spiro atoms. The van der Waals surface area contributed by atoms with Gasteiger partial charge in [-0.15, -0.1) is 0 Å². The number of amides is 3. The Labute approximate surface area is 207 Å². The van der Waals surface area contributed by atoms with E-state index in [4.69, 9.17) is 15.2 Å². The van der Waals surface area contributed by atoms with Crippen molar-refractivity contribution in [2.75, 3.05) is 24.4 Å².